The first-order valence-electron chi connectivity index (χ1n) is 8.40. The molecule has 9 heteroatoms. The number of halogens is 1. The van der Waals surface area contributed by atoms with Crippen LogP contribution in [-0.2, 0) is 13.7 Å². The molecule has 1 amide bonds. The fourth-order valence-corrected chi connectivity index (χ4v) is 3.07. The highest BCUT2D eigenvalue weighted by Gasteiger charge is 2.15. The number of fused-ring (bicyclic) bond motifs is 1. The summed E-state index contributed by atoms with van der Waals surface area (Å²) in [6.07, 6.45) is 1.73. The van der Waals surface area contributed by atoms with Gasteiger partial charge in [-0.1, -0.05) is 23.7 Å². The van der Waals surface area contributed by atoms with Crippen LogP contribution in [0.1, 0.15) is 21.9 Å². The number of anilines is 1. The summed E-state index contributed by atoms with van der Waals surface area (Å²) in [5.41, 5.74) is 3.69. The van der Waals surface area contributed by atoms with E-state index in [1.165, 1.54) is 0 Å². The third-order valence-electron chi connectivity index (χ3n) is 4.46. The number of hydrogen-bond acceptors (Lipinski definition) is 4. The topological polar surface area (TPSA) is 82.6 Å². The highest BCUT2D eigenvalue weighted by Crippen LogP contribution is 2.19. The molecule has 0 saturated heterocycles. The van der Waals surface area contributed by atoms with Crippen molar-refractivity contribution in [3.05, 3.63) is 58.6 Å². The second kappa shape index (κ2) is 6.55. The number of nitrogens with zero attached hydrogens (tertiary/aromatic N) is 6. The number of aryl methyl sites for hydroxylation is 2. The van der Waals surface area contributed by atoms with Gasteiger partial charge in [0, 0.05) is 13.2 Å². The highest BCUT2D eigenvalue weighted by atomic mass is 35.5. The van der Waals surface area contributed by atoms with Gasteiger partial charge in [0.05, 0.1) is 27.4 Å². The zero-order chi connectivity index (χ0) is 19.1. The van der Waals surface area contributed by atoms with Crippen LogP contribution >= 0.6 is 11.6 Å². The molecule has 0 aliphatic heterocycles. The fourth-order valence-electron chi connectivity index (χ4n) is 2.93. The van der Waals surface area contributed by atoms with Crippen LogP contribution < -0.4 is 5.32 Å². The Kier molecular flexibility index (Phi) is 4.19. The van der Waals surface area contributed by atoms with E-state index < -0.39 is 0 Å². The molecule has 0 atom stereocenters. The third-order valence-corrected chi connectivity index (χ3v) is 5.00. The van der Waals surface area contributed by atoms with Gasteiger partial charge in [-0.25, -0.2) is 9.67 Å². The Labute approximate surface area is 160 Å². The van der Waals surface area contributed by atoms with Gasteiger partial charge in [-0.2, -0.15) is 10.2 Å². The molecule has 0 radical (unpaired) electrons. The standard InChI is InChI=1S/C18H18ClN7O/c1-11-16(19)12(2)26(22-11)10-25-9-8-14(23-25)17(27)21-18-20-13-6-4-5-7-15(13)24(18)3/h4-9H,10H2,1-3H3,(H,20,21,27). The van der Waals surface area contributed by atoms with E-state index in [1.54, 1.807) is 21.6 Å². The van der Waals surface area contributed by atoms with Gasteiger partial charge in [0.25, 0.3) is 5.91 Å². The van der Waals surface area contributed by atoms with Crippen molar-refractivity contribution in [3.63, 3.8) is 0 Å². The van der Waals surface area contributed by atoms with Crippen LogP contribution in [0.15, 0.2) is 36.5 Å². The minimum absolute atomic E-state index is 0.301. The van der Waals surface area contributed by atoms with Crippen LogP contribution in [0.3, 0.4) is 0 Å². The summed E-state index contributed by atoms with van der Waals surface area (Å²) >= 11 is 6.17. The summed E-state index contributed by atoms with van der Waals surface area (Å²) in [6.45, 7) is 4.12. The molecule has 138 valence electrons. The number of para-hydroxylation sites is 2. The summed E-state index contributed by atoms with van der Waals surface area (Å²) in [5.74, 6) is 0.152. The van der Waals surface area contributed by atoms with E-state index in [-0.39, 0.29) is 5.91 Å². The molecule has 3 aromatic heterocycles. The van der Waals surface area contributed by atoms with Gasteiger partial charge in [-0.3, -0.25) is 14.8 Å². The average Bonchev–Trinajstić information content (AvgIpc) is 3.31. The number of amides is 1. The van der Waals surface area contributed by atoms with Gasteiger partial charge in [0.1, 0.15) is 6.67 Å². The van der Waals surface area contributed by atoms with Crippen LogP contribution in [0.2, 0.25) is 5.02 Å². The van der Waals surface area contributed by atoms with E-state index in [0.717, 1.165) is 22.4 Å². The Hall–Kier alpha value is -3.13. The van der Waals surface area contributed by atoms with Gasteiger partial charge in [-0.15, -0.1) is 0 Å². The summed E-state index contributed by atoms with van der Waals surface area (Å²) in [4.78, 5) is 17.0. The lowest BCUT2D eigenvalue weighted by molar-refractivity contribution is 0.102. The molecule has 3 heterocycles. The molecular weight excluding hydrogens is 366 g/mol. The first kappa shape index (κ1) is 17.3. The number of carbonyl (C=O) groups excluding carboxylic acids is 1. The average molecular weight is 384 g/mol. The van der Waals surface area contributed by atoms with Gasteiger partial charge >= 0.3 is 0 Å². The minimum atomic E-state index is -0.321. The molecule has 1 N–H and O–H groups in total. The van der Waals surface area contributed by atoms with Crippen LogP contribution in [0, 0.1) is 13.8 Å². The molecule has 0 bridgehead atoms. The molecule has 0 aliphatic rings. The minimum Gasteiger partial charge on any atom is -0.313 e. The number of hydrogen-bond donors (Lipinski definition) is 1. The van der Waals surface area contributed by atoms with Crippen molar-refractivity contribution >= 4 is 34.5 Å². The summed E-state index contributed by atoms with van der Waals surface area (Å²) in [7, 11) is 1.86. The van der Waals surface area contributed by atoms with Crippen molar-refractivity contribution in [1.82, 2.24) is 29.1 Å². The van der Waals surface area contributed by atoms with E-state index in [4.69, 9.17) is 11.6 Å². The smallest absolute Gasteiger partial charge is 0.278 e. The molecular formula is C18H18ClN7O. The molecule has 0 aliphatic carbocycles. The molecule has 0 unspecified atom stereocenters. The number of imidazole rings is 1. The Bertz CT molecular complexity index is 1150. The van der Waals surface area contributed by atoms with Crippen LogP contribution in [0.25, 0.3) is 11.0 Å². The molecule has 4 rings (SSSR count). The molecule has 8 nitrogen and oxygen atoms in total. The predicted octanol–water partition coefficient (Wildman–Crippen LogP) is 2.99. The van der Waals surface area contributed by atoms with Crippen molar-refractivity contribution in [1.29, 1.82) is 0 Å². The zero-order valence-corrected chi connectivity index (χ0v) is 15.9. The van der Waals surface area contributed by atoms with Gasteiger partial charge < -0.3 is 4.57 Å². The largest absolute Gasteiger partial charge is 0.313 e. The second-order valence-electron chi connectivity index (χ2n) is 6.30. The Morgan fingerprint density at radius 3 is 2.67 bits per heavy atom. The van der Waals surface area contributed by atoms with Crippen molar-refractivity contribution in [2.24, 2.45) is 7.05 Å². The number of rotatable bonds is 4. The maximum Gasteiger partial charge on any atom is 0.278 e. The van der Waals surface area contributed by atoms with Crippen molar-refractivity contribution in [3.8, 4) is 0 Å². The monoisotopic (exact) mass is 383 g/mol. The number of benzene rings is 1. The fraction of sp³-hybridized carbons (Fsp3) is 0.222. The van der Waals surface area contributed by atoms with Gasteiger partial charge in [-0.05, 0) is 32.0 Å². The maximum absolute atomic E-state index is 12.6. The van der Waals surface area contributed by atoms with Crippen molar-refractivity contribution < 1.29 is 4.79 Å². The lowest BCUT2D eigenvalue weighted by Gasteiger charge is -2.05. The molecule has 27 heavy (non-hydrogen) atoms. The predicted molar refractivity (Wildman–Crippen MR) is 103 cm³/mol. The SMILES string of the molecule is Cc1nn(Cn2ccc(C(=O)Nc3nc4ccccc4n3C)n2)c(C)c1Cl. The Morgan fingerprint density at radius 2 is 1.96 bits per heavy atom. The van der Waals surface area contributed by atoms with E-state index in [1.807, 2.05) is 49.7 Å². The summed E-state index contributed by atoms with van der Waals surface area (Å²) in [6, 6.07) is 9.35. The zero-order valence-electron chi connectivity index (χ0n) is 15.1. The van der Waals surface area contributed by atoms with Gasteiger partial charge in [0.15, 0.2) is 5.69 Å². The Morgan fingerprint density at radius 1 is 1.19 bits per heavy atom. The van der Waals surface area contributed by atoms with E-state index in [9.17, 15) is 4.79 Å². The number of carbonyl (C=O) groups is 1. The van der Waals surface area contributed by atoms with Crippen LogP contribution in [0.4, 0.5) is 5.95 Å². The maximum atomic E-state index is 12.6. The molecule has 0 fully saturated rings. The van der Waals surface area contributed by atoms with Crippen LogP contribution in [0.5, 0.6) is 0 Å². The number of aromatic nitrogens is 6. The number of nitrogens with one attached hydrogen (secondary N) is 1. The van der Waals surface area contributed by atoms with E-state index in [0.29, 0.717) is 23.3 Å². The summed E-state index contributed by atoms with van der Waals surface area (Å²) in [5, 5.41) is 12.2. The first-order chi connectivity index (χ1) is 12.9. The molecule has 4 aromatic rings. The second-order valence-corrected chi connectivity index (χ2v) is 6.68. The molecule has 0 spiro atoms. The molecule has 1 aromatic carbocycles. The van der Waals surface area contributed by atoms with Crippen LogP contribution in [-0.4, -0.2) is 35.0 Å². The van der Waals surface area contributed by atoms with E-state index in [2.05, 4.69) is 20.5 Å². The third kappa shape index (κ3) is 3.08. The Balaban J connectivity index is 1.53. The highest BCUT2D eigenvalue weighted by molar-refractivity contribution is 6.31. The van der Waals surface area contributed by atoms with Crippen molar-refractivity contribution in [2.45, 2.75) is 20.5 Å². The van der Waals surface area contributed by atoms with E-state index >= 15 is 0 Å². The normalized spacial score (nSPS) is 11.3. The molecule has 0 saturated carbocycles. The van der Waals surface area contributed by atoms with Gasteiger partial charge in [0.2, 0.25) is 5.95 Å². The lowest BCUT2D eigenvalue weighted by atomic mass is 10.3. The lowest BCUT2D eigenvalue weighted by Crippen LogP contribution is -2.17. The van der Waals surface area contributed by atoms with Crippen molar-refractivity contribution in [2.75, 3.05) is 5.32 Å². The quantitative estimate of drug-likeness (QED) is 0.587. The summed E-state index contributed by atoms with van der Waals surface area (Å²) < 4.78 is 5.22. The first-order valence-corrected chi connectivity index (χ1v) is 8.77.